The standard InChI is InChI=1S/C11H22N2O.C2H6O4S/c1-5-11(14)12-9-7-8-10-13(3,4)6-2;1-2-6-7(3,4)5/h5H,1,6-10H2,2-4H3;2H2,1H3,(H,3,4,5). The lowest BCUT2D eigenvalue weighted by Crippen LogP contribution is -2.40. The number of amides is 1. The molecule has 126 valence electrons. The second kappa shape index (κ2) is 11.7. The van der Waals surface area contributed by atoms with Crippen molar-refractivity contribution >= 4 is 16.3 Å². The number of hydrogen-bond donors (Lipinski definition) is 1. The lowest BCUT2D eigenvalue weighted by Gasteiger charge is -2.28. The first-order chi connectivity index (χ1) is 9.58. The van der Waals surface area contributed by atoms with Crippen LogP contribution in [-0.4, -0.2) is 63.7 Å². The molecule has 0 rings (SSSR count). The van der Waals surface area contributed by atoms with Crippen molar-refractivity contribution in [2.75, 3.05) is 40.3 Å². The number of nitrogens with zero attached hydrogens (tertiary/aromatic N) is 1. The van der Waals surface area contributed by atoms with E-state index in [0.717, 1.165) is 30.4 Å². The number of nitrogens with one attached hydrogen (secondary N) is 1. The van der Waals surface area contributed by atoms with E-state index in [1.165, 1.54) is 19.5 Å². The summed E-state index contributed by atoms with van der Waals surface area (Å²) >= 11 is 0. The minimum atomic E-state index is -4.42. The number of carbonyl (C=O) groups is 1. The highest BCUT2D eigenvalue weighted by Gasteiger charge is 2.09. The van der Waals surface area contributed by atoms with Gasteiger partial charge >= 0.3 is 0 Å². The molecule has 1 N–H and O–H groups in total. The lowest BCUT2D eigenvalue weighted by molar-refractivity contribution is -0.888. The molecule has 0 unspecified atom stereocenters. The molecule has 0 saturated carbocycles. The summed E-state index contributed by atoms with van der Waals surface area (Å²) in [6.07, 6.45) is 3.51. The van der Waals surface area contributed by atoms with Crippen LogP contribution < -0.4 is 5.32 Å². The maximum absolute atomic E-state index is 10.8. The predicted octanol–water partition coefficient (Wildman–Crippen LogP) is 0.648. The molecule has 7 nitrogen and oxygen atoms in total. The van der Waals surface area contributed by atoms with Crippen LogP contribution in [0.3, 0.4) is 0 Å². The van der Waals surface area contributed by atoms with Crippen LogP contribution in [0, 0.1) is 0 Å². The van der Waals surface area contributed by atoms with Gasteiger partial charge in [0.2, 0.25) is 16.3 Å². The van der Waals surface area contributed by atoms with Crippen molar-refractivity contribution in [2.24, 2.45) is 0 Å². The van der Waals surface area contributed by atoms with Gasteiger partial charge in [-0.25, -0.2) is 8.42 Å². The number of quaternary nitrogens is 1. The van der Waals surface area contributed by atoms with Crippen LogP contribution in [0.5, 0.6) is 0 Å². The molecule has 0 saturated heterocycles. The van der Waals surface area contributed by atoms with Crippen molar-refractivity contribution in [3.05, 3.63) is 12.7 Å². The van der Waals surface area contributed by atoms with E-state index in [4.69, 9.17) is 0 Å². The molecule has 1 amide bonds. The third-order valence-corrected chi connectivity index (χ3v) is 3.32. The van der Waals surface area contributed by atoms with Gasteiger partial charge < -0.3 is 14.4 Å². The smallest absolute Gasteiger partial charge is 0.243 e. The second-order valence-electron chi connectivity index (χ2n) is 4.99. The molecular weight excluding hydrogens is 296 g/mol. The Hall–Kier alpha value is -0.960. The van der Waals surface area contributed by atoms with E-state index in [1.807, 2.05) is 0 Å². The maximum Gasteiger partial charge on any atom is 0.243 e. The summed E-state index contributed by atoms with van der Waals surface area (Å²) in [6.45, 7) is 10.0. The minimum Gasteiger partial charge on any atom is -0.726 e. The van der Waals surface area contributed by atoms with Gasteiger partial charge in [-0.3, -0.25) is 8.98 Å². The highest BCUT2D eigenvalue weighted by Crippen LogP contribution is 2.00. The molecule has 21 heavy (non-hydrogen) atoms. The predicted molar refractivity (Wildman–Crippen MR) is 81.3 cm³/mol. The molecule has 0 radical (unpaired) electrons. The molecular formula is C13H28N2O5S. The van der Waals surface area contributed by atoms with E-state index in [2.05, 4.69) is 37.1 Å². The summed E-state index contributed by atoms with van der Waals surface area (Å²) in [6, 6.07) is 0. The van der Waals surface area contributed by atoms with Gasteiger partial charge in [0, 0.05) is 6.54 Å². The van der Waals surface area contributed by atoms with Crippen molar-refractivity contribution in [2.45, 2.75) is 26.7 Å². The molecule has 0 aliphatic carbocycles. The van der Waals surface area contributed by atoms with Crippen LogP contribution in [0.25, 0.3) is 0 Å². The fraction of sp³-hybridized carbons (Fsp3) is 0.769. The highest BCUT2D eigenvalue weighted by molar-refractivity contribution is 7.80. The second-order valence-corrected chi connectivity index (χ2v) is 6.04. The summed E-state index contributed by atoms with van der Waals surface area (Å²) in [5, 5.41) is 2.77. The fourth-order valence-corrected chi connectivity index (χ4v) is 1.54. The Morgan fingerprint density at radius 3 is 2.24 bits per heavy atom. The van der Waals surface area contributed by atoms with Crippen molar-refractivity contribution in [1.82, 2.24) is 5.32 Å². The third-order valence-electron chi connectivity index (χ3n) is 2.79. The summed E-state index contributed by atoms with van der Waals surface area (Å²) in [5.41, 5.74) is 0. The summed E-state index contributed by atoms with van der Waals surface area (Å²) in [7, 11) is 0.0249. The average Bonchev–Trinajstić information content (AvgIpc) is 2.37. The molecule has 0 aliphatic heterocycles. The normalized spacial score (nSPS) is 11.3. The Balaban J connectivity index is 0. The zero-order chi connectivity index (χ0) is 16.9. The lowest BCUT2D eigenvalue weighted by atomic mass is 10.2. The van der Waals surface area contributed by atoms with Crippen LogP contribution in [0.15, 0.2) is 12.7 Å². The van der Waals surface area contributed by atoms with Crippen molar-refractivity contribution in [1.29, 1.82) is 0 Å². The largest absolute Gasteiger partial charge is 0.726 e. The van der Waals surface area contributed by atoms with Gasteiger partial charge in [0.25, 0.3) is 0 Å². The van der Waals surface area contributed by atoms with E-state index in [0.29, 0.717) is 0 Å². The van der Waals surface area contributed by atoms with Crippen LogP contribution in [0.4, 0.5) is 0 Å². The van der Waals surface area contributed by atoms with Crippen LogP contribution >= 0.6 is 0 Å². The van der Waals surface area contributed by atoms with Crippen LogP contribution in [-0.2, 0) is 19.4 Å². The van der Waals surface area contributed by atoms with Crippen LogP contribution in [0.1, 0.15) is 26.7 Å². The van der Waals surface area contributed by atoms with E-state index in [-0.39, 0.29) is 12.5 Å². The third kappa shape index (κ3) is 19.0. The van der Waals surface area contributed by atoms with E-state index < -0.39 is 10.4 Å². The van der Waals surface area contributed by atoms with Gasteiger partial charge in [0.05, 0.1) is 33.8 Å². The number of carbonyl (C=O) groups excluding carboxylic acids is 1. The average molecular weight is 324 g/mol. The summed E-state index contributed by atoms with van der Waals surface area (Å²) < 4.78 is 33.1. The first-order valence-corrected chi connectivity index (χ1v) is 8.23. The Morgan fingerprint density at radius 1 is 1.33 bits per heavy atom. The Labute approximate surface area is 128 Å². The van der Waals surface area contributed by atoms with Crippen molar-refractivity contribution < 1.29 is 26.4 Å². The topological polar surface area (TPSA) is 95.5 Å². The molecule has 0 atom stereocenters. The van der Waals surface area contributed by atoms with E-state index in [9.17, 15) is 17.8 Å². The van der Waals surface area contributed by atoms with Gasteiger partial charge in [-0.1, -0.05) is 6.58 Å². The number of rotatable bonds is 9. The first-order valence-electron chi connectivity index (χ1n) is 6.90. The SMILES string of the molecule is C=CC(=O)NCCCC[N+](C)(C)CC.CCOS(=O)(=O)[O-]. The first kappa shape index (κ1) is 22.3. The molecule has 0 bridgehead atoms. The van der Waals surface area contributed by atoms with Gasteiger partial charge in [-0.05, 0) is 32.8 Å². The Bertz CT molecular complexity index is 393. The minimum absolute atomic E-state index is 0.0748. The molecule has 0 aliphatic rings. The van der Waals surface area contributed by atoms with Gasteiger partial charge in [0.1, 0.15) is 0 Å². The quantitative estimate of drug-likeness (QED) is 0.221. The van der Waals surface area contributed by atoms with Gasteiger partial charge in [-0.15, -0.1) is 0 Å². The maximum atomic E-state index is 10.8. The molecule has 0 aromatic rings. The molecule has 0 aromatic carbocycles. The van der Waals surface area contributed by atoms with E-state index in [1.54, 1.807) is 0 Å². The molecule has 0 heterocycles. The van der Waals surface area contributed by atoms with Gasteiger partial charge in [0.15, 0.2) is 0 Å². The number of unbranched alkanes of at least 4 members (excludes halogenated alkanes) is 1. The van der Waals surface area contributed by atoms with Crippen LogP contribution in [0.2, 0.25) is 0 Å². The molecule has 0 spiro atoms. The highest BCUT2D eigenvalue weighted by atomic mass is 32.3. The Kier molecular flexibility index (Phi) is 12.4. The van der Waals surface area contributed by atoms with Crippen molar-refractivity contribution in [3.63, 3.8) is 0 Å². The Morgan fingerprint density at radius 2 is 1.90 bits per heavy atom. The number of hydrogen-bond acceptors (Lipinski definition) is 5. The molecule has 8 heteroatoms. The summed E-state index contributed by atoms with van der Waals surface area (Å²) in [5.74, 6) is -0.0748. The van der Waals surface area contributed by atoms with Gasteiger partial charge in [-0.2, -0.15) is 0 Å². The van der Waals surface area contributed by atoms with Crippen molar-refractivity contribution in [3.8, 4) is 0 Å². The van der Waals surface area contributed by atoms with E-state index >= 15 is 0 Å². The zero-order valence-electron chi connectivity index (χ0n) is 13.4. The zero-order valence-corrected chi connectivity index (χ0v) is 14.2. The molecule has 0 aromatic heterocycles. The summed E-state index contributed by atoms with van der Waals surface area (Å²) in [4.78, 5) is 10.8. The molecule has 0 fully saturated rings. The monoisotopic (exact) mass is 324 g/mol. The fourth-order valence-electron chi connectivity index (χ4n) is 1.25.